The Balaban J connectivity index is 2.25. The van der Waals surface area contributed by atoms with Crippen LogP contribution in [0.4, 0.5) is 0 Å². The van der Waals surface area contributed by atoms with Crippen molar-refractivity contribution >= 4 is 33.3 Å². The Bertz CT molecular complexity index is 586. The third-order valence-electron chi connectivity index (χ3n) is 3.22. The standard InChI is InChI=1S/C16H18BrNS/c1-11(12(2)18-3)9-15-7-8-16(19-15)13-5-4-6-14(17)10-13/h4-10,12,18H,1-3H3/b11-9+. The molecule has 2 aromatic rings. The van der Waals surface area contributed by atoms with Crippen molar-refractivity contribution in [2.75, 3.05) is 7.05 Å². The number of nitrogens with one attached hydrogen (secondary N) is 1. The Labute approximate surface area is 127 Å². The van der Waals surface area contributed by atoms with E-state index in [0.717, 1.165) is 4.47 Å². The Morgan fingerprint density at radius 2 is 2.11 bits per heavy atom. The minimum atomic E-state index is 0.413. The van der Waals surface area contributed by atoms with Crippen molar-refractivity contribution in [1.29, 1.82) is 0 Å². The molecule has 0 amide bonds. The third-order valence-corrected chi connectivity index (χ3v) is 4.80. The number of benzene rings is 1. The Morgan fingerprint density at radius 1 is 1.32 bits per heavy atom. The van der Waals surface area contributed by atoms with Gasteiger partial charge in [-0.15, -0.1) is 11.3 Å². The van der Waals surface area contributed by atoms with E-state index in [9.17, 15) is 0 Å². The molecule has 0 radical (unpaired) electrons. The highest BCUT2D eigenvalue weighted by Gasteiger charge is 2.04. The van der Waals surface area contributed by atoms with Crippen molar-refractivity contribution in [2.45, 2.75) is 19.9 Å². The van der Waals surface area contributed by atoms with Crippen LogP contribution in [0.1, 0.15) is 18.7 Å². The normalized spacial score (nSPS) is 13.6. The molecule has 1 atom stereocenters. The average molecular weight is 336 g/mol. The van der Waals surface area contributed by atoms with Crippen molar-refractivity contribution in [1.82, 2.24) is 5.32 Å². The summed E-state index contributed by atoms with van der Waals surface area (Å²) in [5.41, 5.74) is 2.61. The molecule has 1 aromatic heterocycles. The molecule has 0 aliphatic carbocycles. The highest BCUT2D eigenvalue weighted by molar-refractivity contribution is 9.10. The Morgan fingerprint density at radius 3 is 2.79 bits per heavy atom. The zero-order valence-corrected chi connectivity index (χ0v) is 13.8. The van der Waals surface area contributed by atoms with Crippen LogP contribution in [-0.4, -0.2) is 13.1 Å². The van der Waals surface area contributed by atoms with Gasteiger partial charge in [0.25, 0.3) is 0 Å². The minimum absolute atomic E-state index is 0.413. The van der Waals surface area contributed by atoms with Crippen molar-refractivity contribution in [3.8, 4) is 10.4 Å². The van der Waals surface area contributed by atoms with Crippen LogP contribution in [0.5, 0.6) is 0 Å². The molecule has 0 aliphatic rings. The molecular formula is C16H18BrNS. The fraction of sp³-hybridized carbons (Fsp3) is 0.250. The van der Waals surface area contributed by atoms with E-state index in [1.807, 2.05) is 18.4 Å². The fourth-order valence-corrected chi connectivity index (χ4v) is 3.22. The van der Waals surface area contributed by atoms with Gasteiger partial charge in [-0.3, -0.25) is 0 Å². The number of rotatable bonds is 4. The quantitative estimate of drug-likeness (QED) is 0.810. The molecule has 0 aliphatic heterocycles. The lowest BCUT2D eigenvalue weighted by molar-refractivity contribution is 0.696. The average Bonchev–Trinajstić information content (AvgIpc) is 2.86. The van der Waals surface area contributed by atoms with Crippen molar-refractivity contribution in [3.05, 3.63) is 51.3 Å². The molecule has 1 aromatic carbocycles. The molecule has 0 fully saturated rings. The monoisotopic (exact) mass is 335 g/mol. The number of likely N-dealkylation sites (N-methyl/N-ethyl adjacent to an activating group) is 1. The zero-order chi connectivity index (χ0) is 13.8. The van der Waals surface area contributed by atoms with E-state index in [0.29, 0.717) is 6.04 Å². The summed E-state index contributed by atoms with van der Waals surface area (Å²) in [6, 6.07) is 13.2. The topological polar surface area (TPSA) is 12.0 Å². The number of thiophene rings is 1. The first-order valence-corrected chi connectivity index (χ1v) is 7.92. The van der Waals surface area contributed by atoms with Gasteiger partial charge < -0.3 is 5.32 Å². The number of halogens is 1. The molecule has 0 saturated heterocycles. The van der Waals surface area contributed by atoms with Gasteiger partial charge in [0.05, 0.1) is 0 Å². The summed E-state index contributed by atoms with van der Waals surface area (Å²) in [7, 11) is 1.99. The molecule has 1 unspecified atom stereocenters. The van der Waals surface area contributed by atoms with Crippen LogP contribution >= 0.6 is 27.3 Å². The zero-order valence-electron chi connectivity index (χ0n) is 11.4. The van der Waals surface area contributed by atoms with E-state index in [-0.39, 0.29) is 0 Å². The summed E-state index contributed by atoms with van der Waals surface area (Å²) < 4.78 is 1.12. The first-order valence-electron chi connectivity index (χ1n) is 6.31. The van der Waals surface area contributed by atoms with Gasteiger partial charge in [0.1, 0.15) is 0 Å². The molecule has 2 rings (SSSR count). The second-order valence-corrected chi connectivity index (χ2v) is 6.64. The molecule has 0 bridgehead atoms. The Kier molecular flexibility index (Phi) is 4.97. The summed E-state index contributed by atoms with van der Waals surface area (Å²) in [6.07, 6.45) is 2.26. The van der Waals surface area contributed by atoms with Gasteiger partial charge >= 0.3 is 0 Å². The van der Waals surface area contributed by atoms with Gasteiger partial charge in [-0.05, 0) is 56.8 Å². The van der Waals surface area contributed by atoms with Crippen molar-refractivity contribution < 1.29 is 0 Å². The van der Waals surface area contributed by atoms with Crippen LogP contribution in [0, 0.1) is 0 Å². The lowest BCUT2D eigenvalue weighted by atomic mass is 10.1. The van der Waals surface area contributed by atoms with Gasteiger partial charge in [0.15, 0.2) is 0 Å². The molecular weight excluding hydrogens is 318 g/mol. The largest absolute Gasteiger partial charge is 0.314 e. The van der Waals surface area contributed by atoms with E-state index in [1.165, 1.54) is 20.9 Å². The summed E-state index contributed by atoms with van der Waals surface area (Å²) >= 11 is 5.35. The van der Waals surface area contributed by atoms with E-state index in [2.05, 4.69) is 77.6 Å². The highest BCUT2D eigenvalue weighted by atomic mass is 79.9. The lowest BCUT2D eigenvalue weighted by Crippen LogP contribution is -2.21. The molecule has 0 saturated carbocycles. The van der Waals surface area contributed by atoms with Crippen LogP contribution in [0.25, 0.3) is 16.5 Å². The molecule has 3 heteroatoms. The van der Waals surface area contributed by atoms with Gasteiger partial charge in [0.2, 0.25) is 0 Å². The maximum absolute atomic E-state index is 3.52. The van der Waals surface area contributed by atoms with Gasteiger partial charge in [-0.25, -0.2) is 0 Å². The predicted octanol–water partition coefficient (Wildman–Crippen LogP) is 5.19. The van der Waals surface area contributed by atoms with Crippen LogP contribution < -0.4 is 5.32 Å². The van der Waals surface area contributed by atoms with Crippen LogP contribution in [0.3, 0.4) is 0 Å². The van der Waals surface area contributed by atoms with E-state index in [1.54, 1.807) is 0 Å². The van der Waals surface area contributed by atoms with Crippen LogP contribution in [0.15, 0.2) is 46.4 Å². The van der Waals surface area contributed by atoms with Crippen LogP contribution in [-0.2, 0) is 0 Å². The number of hydrogen-bond donors (Lipinski definition) is 1. The summed E-state index contributed by atoms with van der Waals surface area (Å²) in [4.78, 5) is 2.60. The fourth-order valence-electron chi connectivity index (χ4n) is 1.80. The molecule has 1 heterocycles. The highest BCUT2D eigenvalue weighted by Crippen LogP contribution is 2.31. The first-order chi connectivity index (χ1) is 9.10. The maximum Gasteiger partial charge on any atom is 0.0349 e. The third kappa shape index (κ3) is 3.78. The summed E-state index contributed by atoms with van der Waals surface area (Å²) in [5.74, 6) is 0. The smallest absolute Gasteiger partial charge is 0.0349 e. The molecule has 1 nitrogen and oxygen atoms in total. The van der Waals surface area contributed by atoms with Gasteiger partial charge in [0, 0.05) is 20.3 Å². The molecule has 1 N–H and O–H groups in total. The van der Waals surface area contributed by atoms with E-state index < -0.39 is 0 Å². The second kappa shape index (κ2) is 6.51. The maximum atomic E-state index is 3.52. The molecule has 100 valence electrons. The van der Waals surface area contributed by atoms with Crippen molar-refractivity contribution in [2.24, 2.45) is 0 Å². The lowest BCUT2D eigenvalue weighted by Gasteiger charge is -2.09. The minimum Gasteiger partial charge on any atom is -0.314 e. The predicted molar refractivity (Wildman–Crippen MR) is 89.6 cm³/mol. The second-order valence-electron chi connectivity index (χ2n) is 4.61. The molecule has 19 heavy (non-hydrogen) atoms. The summed E-state index contributed by atoms with van der Waals surface area (Å²) in [6.45, 7) is 4.34. The van der Waals surface area contributed by atoms with E-state index >= 15 is 0 Å². The van der Waals surface area contributed by atoms with E-state index in [4.69, 9.17) is 0 Å². The van der Waals surface area contributed by atoms with Gasteiger partial charge in [-0.2, -0.15) is 0 Å². The SMILES string of the molecule is CNC(C)/C(C)=C/c1ccc(-c2cccc(Br)c2)s1. The van der Waals surface area contributed by atoms with Crippen LogP contribution in [0.2, 0.25) is 0 Å². The van der Waals surface area contributed by atoms with Crippen molar-refractivity contribution in [3.63, 3.8) is 0 Å². The molecule has 0 spiro atoms. The Hall–Kier alpha value is -0.900. The first kappa shape index (κ1) is 14.5. The van der Waals surface area contributed by atoms with Gasteiger partial charge in [-0.1, -0.05) is 33.6 Å². The summed E-state index contributed by atoms with van der Waals surface area (Å²) in [5, 5.41) is 3.26. The number of hydrogen-bond acceptors (Lipinski definition) is 2.